The highest BCUT2D eigenvalue weighted by Crippen LogP contribution is 2.35. The van der Waals surface area contributed by atoms with Crippen LogP contribution < -0.4 is 4.90 Å². The van der Waals surface area contributed by atoms with Gasteiger partial charge < -0.3 is 10.0 Å². The first-order valence-electron chi connectivity index (χ1n) is 5.79. The molecule has 1 aliphatic rings. The minimum absolute atomic E-state index is 0.151. The molecular formula is C12H19N3O. The Hall–Kier alpha value is -1.32. The third-order valence-corrected chi connectivity index (χ3v) is 2.92. The van der Waals surface area contributed by atoms with Crippen molar-refractivity contribution in [3.8, 4) is 5.75 Å². The molecule has 1 N–H and O–H groups in total. The predicted octanol–water partition coefficient (Wildman–Crippen LogP) is 2.08. The molecule has 0 aliphatic carbocycles. The molecule has 0 amide bonds. The van der Waals surface area contributed by atoms with Crippen LogP contribution in [0.4, 0.5) is 5.82 Å². The summed E-state index contributed by atoms with van der Waals surface area (Å²) >= 11 is 0. The molecule has 2 heterocycles. The lowest BCUT2D eigenvalue weighted by molar-refractivity contribution is 0.434. The van der Waals surface area contributed by atoms with Crippen LogP contribution in [0.3, 0.4) is 0 Å². The highest BCUT2D eigenvalue weighted by Gasteiger charge is 2.25. The molecule has 0 aromatic carbocycles. The van der Waals surface area contributed by atoms with E-state index in [1.54, 1.807) is 6.33 Å². The average molecular weight is 221 g/mol. The second-order valence-electron chi connectivity index (χ2n) is 5.34. The Morgan fingerprint density at radius 3 is 2.38 bits per heavy atom. The molecule has 1 aromatic heterocycles. The average Bonchev–Trinajstić information content (AvgIpc) is 2.69. The van der Waals surface area contributed by atoms with E-state index >= 15 is 0 Å². The lowest BCUT2D eigenvalue weighted by Crippen LogP contribution is -2.22. The van der Waals surface area contributed by atoms with Crippen molar-refractivity contribution in [2.45, 2.75) is 39.0 Å². The highest BCUT2D eigenvalue weighted by molar-refractivity contribution is 5.55. The maximum atomic E-state index is 10.2. The number of hydrogen-bond donors (Lipinski definition) is 1. The van der Waals surface area contributed by atoms with Crippen molar-refractivity contribution in [3.63, 3.8) is 0 Å². The standard InChI is InChI=1S/C12H19N3O/c1-12(2,3)10-9(16)11(14-8-13-10)15-6-4-5-7-15/h8,16H,4-7H2,1-3H3. The van der Waals surface area contributed by atoms with E-state index in [1.165, 1.54) is 12.8 Å². The minimum Gasteiger partial charge on any atom is -0.503 e. The van der Waals surface area contributed by atoms with Crippen LogP contribution in [-0.2, 0) is 5.41 Å². The molecule has 1 saturated heterocycles. The van der Waals surface area contributed by atoms with E-state index in [1.807, 2.05) is 20.8 Å². The van der Waals surface area contributed by atoms with E-state index in [2.05, 4.69) is 14.9 Å². The first-order chi connectivity index (χ1) is 7.50. The normalized spacial score (nSPS) is 16.8. The van der Waals surface area contributed by atoms with Crippen molar-refractivity contribution in [1.29, 1.82) is 0 Å². The molecule has 1 aromatic rings. The minimum atomic E-state index is -0.151. The molecule has 0 unspecified atom stereocenters. The van der Waals surface area contributed by atoms with Crippen LogP contribution in [0.1, 0.15) is 39.3 Å². The molecule has 4 heteroatoms. The first-order valence-corrected chi connectivity index (χ1v) is 5.79. The van der Waals surface area contributed by atoms with Gasteiger partial charge in [0.15, 0.2) is 11.6 Å². The van der Waals surface area contributed by atoms with Crippen molar-refractivity contribution in [3.05, 3.63) is 12.0 Å². The number of rotatable bonds is 1. The monoisotopic (exact) mass is 221 g/mol. The summed E-state index contributed by atoms with van der Waals surface area (Å²) in [6.07, 6.45) is 3.90. The lowest BCUT2D eigenvalue weighted by Gasteiger charge is -2.23. The maximum absolute atomic E-state index is 10.2. The smallest absolute Gasteiger partial charge is 0.180 e. The second-order valence-corrected chi connectivity index (χ2v) is 5.34. The summed E-state index contributed by atoms with van der Waals surface area (Å²) in [5.74, 6) is 0.939. The van der Waals surface area contributed by atoms with Gasteiger partial charge >= 0.3 is 0 Å². The molecule has 16 heavy (non-hydrogen) atoms. The molecular weight excluding hydrogens is 202 g/mol. The fraction of sp³-hybridized carbons (Fsp3) is 0.667. The molecule has 0 bridgehead atoms. The summed E-state index contributed by atoms with van der Waals surface area (Å²) in [6.45, 7) is 8.09. The number of nitrogens with zero attached hydrogens (tertiary/aromatic N) is 3. The van der Waals surface area contributed by atoms with Gasteiger partial charge in [-0.15, -0.1) is 0 Å². The number of aromatic hydroxyl groups is 1. The van der Waals surface area contributed by atoms with E-state index in [4.69, 9.17) is 0 Å². The zero-order chi connectivity index (χ0) is 11.8. The van der Waals surface area contributed by atoms with Gasteiger partial charge in [0, 0.05) is 18.5 Å². The van der Waals surface area contributed by atoms with Crippen LogP contribution >= 0.6 is 0 Å². The quantitative estimate of drug-likeness (QED) is 0.788. The third kappa shape index (κ3) is 1.96. The molecule has 0 saturated carbocycles. The first kappa shape index (κ1) is 11.2. The van der Waals surface area contributed by atoms with Crippen molar-refractivity contribution >= 4 is 5.82 Å². The van der Waals surface area contributed by atoms with Gasteiger partial charge in [0.05, 0.1) is 5.69 Å². The van der Waals surface area contributed by atoms with Crippen LogP contribution in [0.5, 0.6) is 5.75 Å². The van der Waals surface area contributed by atoms with Crippen molar-refractivity contribution in [2.24, 2.45) is 0 Å². The largest absolute Gasteiger partial charge is 0.503 e. The zero-order valence-corrected chi connectivity index (χ0v) is 10.2. The van der Waals surface area contributed by atoms with Crippen molar-refractivity contribution < 1.29 is 5.11 Å². The van der Waals surface area contributed by atoms with Gasteiger partial charge in [-0.05, 0) is 12.8 Å². The Balaban J connectivity index is 2.40. The zero-order valence-electron chi connectivity index (χ0n) is 10.2. The lowest BCUT2D eigenvalue weighted by atomic mass is 9.91. The van der Waals surface area contributed by atoms with Gasteiger partial charge in [-0.25, -0.2) is 9.97 Å². The van der Waals surface area contributed by atoms with Crippen LogP contribution in [0, 0.1) is 0 Å². The topological polar surface area (TPSA) is 49.2 Å². The molecule has 1 aliphatic heterocycles. The number of hydrogen-bond acceptors (Lipinski definition) is 4. The summed E-state index contributed by atoms with van der Waals surface area (Å²) < 4.78 is 0. The Morgan fingerprint density at radius 1 is 1.19 bits per heavy atom. The van der Waals surface area contributed by atoms with Crippen molar-refractivity contribution in [1.82, 2.24) is 9.97 Å². The third-order valence-electron chi connectivity index (χ3n) is 2.92. The SMILES string of the molecule is CC(C)(C)c1ncnc(N2CCCC2)c1O. The van der Waals surface area contributed by atoms with Crippen LogP contribution in [-0.4, -0.2) is 28.2 Å². The van der Waals surface area contributed by atoms with Gasteiger partial charge in [-0.2, -0.15) is 0 Å². The molecule has 2 rings (SSSR count). The predicted molar refractivity (Wildman–Crippen MR) is 63.8 cm³/mol. The highest BCUT2D eigenvalue weighted by atomic mass is 16.3. The van der Waals surface area contributed by atoms with Crippen LogP contribution in [0.25, 0.3) is 0 Å². The van der Waals surface area contributed by atoms with Gasteiger partial charge in [-0.3, -0.25) is 0 Å². The van der Waals surface area contributed by atoms with E-state index in [-0.39, 0.29) is 11.2 Å². The number of anilines is 1. The Bertz CT molecular complexity index is 378. The van der Waals surface area contributed by atoms with Gasteiger partial charge in [0.25, 0.3) is 0 Å². The fourth-order valence-electron chi connectivity index (χ4n) is 2.08. The van der Waals surface area contributed by atoms with Crippen LogP contribution in [0.2, 0.25) is 0 Å². The van der Waals surface area contributed by atoms with Gasteiger partial charge in [-0.1, -0.05) is 20.8 Å². The molecule has 0 radical (unpaired) electrons. The Labute approximate surface area is 96.3 Å². The van der Waals surface area contributed by atoms with Crippen molar-refractivity contribution in [2.75, 3.05) is 18.0 Å². The number of aromatic nitrogens is 2. The van der Waals surface area contributed by atoms with E-state index in [0.29, 0.717) is 5.82 Å². The molecule has 0 atom stereocenters. The summed E-state index contributed by atoms with van der Waals surface area (Å²) in [4.78, 5) is 10.5. The van der Waals surface area contributed by atoms with E-state index < -0.39 is 0 Å². The maximum Gasteiger partial charge on any atom is 0.180 e. The summed E-state index contributed by atoms with van der Waals surface area (Å²) in [7, 11) is 0. The molecule has 4 nitrogen and oxygen atoms in total. The molecule has 88 valence electrons. The summed E-state index contributed by atoms with van der Waals surface area (Å²) in [5.41, 5.74) is 0.575. The summed E-state index contributed by atoms with van der Waals surface area (Å²) in [5, 5.41) is 10.2. The van der Waals surface area contributed by atoms with Gasteiger partial charge in [0.1, 0.15) is 6.33 Å². The summed E-state index contributed by atoms with van der Waals surface area (Å²) in [6, 6.07) is 0. The molecule has 0 spiro atoms. The van der Waals surface area contributed by atoms with E-state index in [0.717, 1.165) is 18.8 Å². The Morgan fingerprint density at radius 2 is 1.81 bits per heavy atom. The Kier molecular flexibility index (Phi) is 2.74. The van der Waals surface area contributed by atoms with Crippen LogP contribution in [0.15, 0.2) is 6.33 Å². The van der Waals surface area contributed by atoms with Gasteiger partial charge in [0.2, 0.25) is 0 Å². The van der Waals surface area contributed by atoms with E-state index in [9.17, 15) is 5.11 Å². The second kappa shape index (κ2) is 3.92. The fourth-order valence-corrected chi connectivity index (χ4v) is 2.08. The molecule has 1 fully saturated rings.